The third kappa shape index (κ3) is 4.06. The van der Waals surface area contributed by atoms with Gasteiger partial charge in [-0.1, -0.05) is 35.5 Å². The van der Waals surface area contributed by atoms with Crippen LogP contribution < -0.4 is 9.46 Å². The molecule has 0 radical (unpaired) electrons. The van der Waals surface area contributed by atoms with Crippen LogP contribution in [0.3, 0.4) is 0 Å². The lowest BCUT2D eigenvalue weighted by Gasteiger charge is -2.07. The molecule has 0 spiro atoms. The lowest BCUT2D eigenvalue weighted by atomic mass is 10.2. The van der Waals surface area contributed by atoms with Crippen LogP contribution in [0.15, 0.2) is 62.4 Å². The number of ether oxygens (including phenoxy) is 1. The van der Waals surface area contributed by atoms with Crippen LogP contribution in [-0.4, -0.2) is 25.7 Å². The maximum absolute atomic E-state index is 12.4. The van der Waals surface area contributed by atoms with E-state index >= 15 is 0 Å². The summed E-state index contributed by atoms with van der Waals surface area (Å²) in [4.78, 5) is 4.29. The highest BCUT2D eigenvalue weighted by Gasteiger charge is 2.17. The minimum absolute atomic E-state index is 0.1000. The van der Waals surface area contributed by atoms with Crippen LogP contribution in [0.5, 0.6) is 5.75 Å². The van der Waals surface area contributed by atoms with Gasteiger partial charge in [0.2, 0.25) is 21.7 Å². The highest BCUT2D eigenvalue weighted by molar-refractivity contribution is 9.10. The number of nitrogens with zero attached hydrogens (tertiary/aromatic N) is 2. The number of methoxy groups -OCH3 is 1. The Kier molecular flexibility index (Phi) is 5.16. The number of rotatable bonds is 6. The molecule has 130 valence electrons. The number of hydrogen-bond donors (Lipinski definition) is 1. The van der Waals surface area contributed by atoms with Gasteiger partial charge >= 0.3 is 0 Å². The number of benzene rings is 2. The fourth-order valence-electron chi connectivity index (χ4n) is 2.09. The van der Waals surface area contributed by atoms with Gasteiger partial charge in [0.25, 0.3) is 0 Å². The van der Waals surface area contributed by atoms with Gasteiger partial charge < -0.3 is 9.26 Å². The minimum Gasteiger partial charge on any atom is -0.496 e. The van der Waals surface area contributed by atoms with Gasteiger partial charge in [-0.05, 0) is 34.1 Å². The predicted molar refractivity (Wildman–Crippen MR) is 94.5 cm³/mol. The molecule has 1 heterocycles. The number of aromatic nitrogens is 2. The molecule has 0 fully saturated rings. The predicted octanol–water partition coefficient (Wildman–Crippen LogP) is 2.99. The van der Waals surface area contributed by atoms with Crippen molar-refractivity contribution in [3.63, 3.8) is 0 Å². The van der Waals surface area contributed by atoms with Crippen molar-refractivity contribution in [1.29, 1.82) is 0 Å². The third-order valence-corrected chi connectivity index (χ3v) is 5.37. The smallest absolute Gasteiger partial charge is 0.242 e. The van der Waals surface area contributed by atoms with Gasteiger partial charge in [-0.15, -0.1) is 0 Å². The molecule has 7 nitrogen and oxygen atoms in total. The molecular formula is C16H14BrN3O4S. The first-order chi connectivity index (χ1) is 12.0. The summed E-state index contributed by atoms with van der Waals surface area (Å²) in [6.45, 7) is -0.105. The lowest BCUT2D eigenvalue weighted by Crippen LogP contribution is -2.23. The van der Waals surface area contributed by atoms with Crippen molar-refractivity contribution in [2.75, 3.05) is 7.11 Å². The molecule has 0 unspecified atom stereocenters. The molecule has 0 saturated carbocycles. The van der Waals surface area contributed by atoms with E-state index in [4.69, 9.17) is 9.26 Å². The van der Waals surface area contributed by atoms with Crippen molar-refractivity contribution in [3.8, 4) is 17.1 Å². The summed E-state index contributed by atoms with van der Waals surface area (Å²) in [6, 6.07) is 13.8. The molecule has 0 aliphatic heterocycles. The third-order valence-electron chi connectivity index (χ3n) is 3.35. The maximum atomic E-state index is 12.4. The van der Waals surface area contributed by atoms with E-state index in [1.54, 1.807) is 6.07 Å². The summed E-state index contributed by atoms with van der Waals surface area (Å²) in [7, 11) is -2.22. The first-order valence-electron chi connectivity index (χ1n) is 7.21. The zero-order valence-corrected chi connectivity index (χ0v) is 15.5. The van der Waals surface area contributed by atoms with Crippen molar-refractivity contribution in [3.05, 3.63) is 58.9 Å². The molecule has 0 atom stereocenters. The monoisotopic (exact) mass is 423 g/mol. The molecular weight excluding hydrogens is 410 g/mol. The quantitative estimate of drug-likeness (QED) is 0.654. The molecule has 1 N–H and O–H groups in total. The average molecular weight is 424 g/mol. The van der Waals surface area contributed by atoms with E-state index in [-0.39, 0.29) is 17.3 Å². The molecule has 0 saturated heterocycles. The van der Waals surface area contributed by atoms with Gasteiger partial charge in [0.1, 0.15) is 5.75 Å². The van der Waals surface area contributed by atoms with Crippen molar-refractivity contribution in [2.45, 2.75) is 11.4 Å². The summed E-state index contributed by atoms with van der Waals surface area (Å²) in [6.07, 6.45) is 0. The zero-order valence-electron chi connectivity index (χ0n) is 13.1. The van der Waals surface area contributed by atoms with E-state index in [0.717, 1.165) is 5.56 Å². The first kappa shape index (κ1) is 17.6. The summed E-state index contributed by atoms with van der Waals surface area (Å²) in [5.41, 5.74) is 0.791. The number of hydrogen-bond acceptors (Lipinski definition) is 6. The second-order valence-corrected chi connectivity index (χ2v) is 7.62. The van der Waals surface area contributed by atoms with Crippen molar-refractivity contribution in [1.82, 2.24) is 14.9 Å². The van der Waals surface area contributed by atoms with Crippen molar-refractivity contribution >= 4 is 26.0 Å². The molecule has 0 aliphatic rings. The highest BCUT2D eigenvalue weighted by Crippen LogP contribution is 2.27. The van der Waals surface area contributed by atoms with Gasteiger partial charge in [0.05, 0.1) is 23.0 Å². The fourth-order valence-corrected chi connectivity index (χ4v) is 3.78. The second-order valence-electron chi connectivity index (χ2n) is 5.00. The van der Waals surface area contributed by atoms with Crippen molar-refractivity contribution < 1.29 is 17.7 Å². The largest absolute Gasteiger partial charge is 0.496 e. The lowest BCUT2D eigenvalue weighted by molar-refractivity contribution is 0.376. The van der Waals surface area contributed by atoms with E-state index in [1.807, 2.05) is 30.3 Å². The minimum atomic E-state index is -3.72. The molecule has 9 heteroatoms. The molecule has 0 amide bonds. The summed E-state index contributed by atoms with van der Waals surface area (Å²) < 4.78 is 37.9. The standard InChI is InChI=1S/C16H14BrN3O4S/c1-23-14-8-7-12(9-13(14)17)25(21,22)18-10-15-19-16(20-24-15)11-5-3-2-4-6-11/h2-9,18H,10H2,1H3. The number of sulfonamides is 1. The summed E-state index contributed by atoms with van der Waals surface area (Å²) in [5.74, 6) is 1.13. The Bertz CT molecular complexity index is 974. The van der Waals surface area contributed by atoms with Gasteiger partial charge in [-0.25, -0.2) is 13.1 Å². The topological polar surface area (TPSA) is 94.3 Å². The molecule has 3 aromatic rings. The van der Waals surface area contributed by atoms with Crippen LogP contribution in [0.1, 0.15) is 5.89 Å². The fraction of sp³-hybridized carbons (Fsp3) is 0.125. The first-order valence-corrected chi connectivity index (χ1v) is 9.48. The van der Waals surface area contributed by atoms with E-state index in [0.29, 0.717) is 16.0 Å². The van der Waals surface area contributed by atoms with Gasteiger partial charge in [0, 0.05) is 5.56 Å². The Morgan fingerprint density at radius 1 is 1.20 bits per heavy atom. The Labute approximate surface area is 153 Å². The highest BCUT2D eigenvalue weighted by atomic mass is 79.9. The number of halogens is 1. The van der Waals surface area contributed by atoms with Gasteiger partial charge in [-0.2, -0.15) is 4.98 Å². The normalized spacial score (nSPS) is 11.4. The Balaban J connectivity index is 1.72. The van der Waals surface area contributed by atoms with Gasteiger partial charge in [0.15, 0.2) is 0 Å². The molecule has 0 aliphatic carbocycles. The Morgan fingerprint density at radius 3 is 2.64 bits per heavy atom. The molecule has 3 rings (SSSR count). The van der Waals surface area contributed by atoms with Gasteiger partial charge in [-0.3, -0.25) is 0 Å². The van der Waals surface area contributed by atoms with Crippen LogP contribution in [-0.2, 0) is 16.6 Å². The molecule has 1 aromatic heterocycles. The van der Waals surface area contributed by atoms with E-state index < -0.39 is 10.0 Å². The summed E-state index contributed by atoms with van der Waals surface area (Å²) >= 11 is 3.27. The van der Waals surface area contributed by atoms with Crippen molar-refractivity contribution in [2.24, 2.45) is 0 Å². The van der Waals surface area contributed by atoms with E-state index in [2.05, 4.69) is 30.8 Å². The number of nitrogens with one attached hydrogen (secondary N) is 1. The second kappa shape index (κ2) is 7.34. The summed E-state index contributed by atoms with van der Waals surface area (Å²) in [5, 5.41) is 3.85. The van der Waals surface area contributed by atoms with Crippen LogP contribution in [0.4, 0.5) is 0 Å². The Morgan fingerprint density at radius 2 is 1.96 bits per heavy atom. The Hall–Kier alpha value is -2.23. The van der Waals surface area contributed by atoms with Crippen LogP contribution in [0, 0.1) is 0 Å². The molecule has 0 bridgehead atoms. The van der Waals surface area contributed by atoms with Crippen LogP contribution in [0.25, 0.3) is 11.4 Å². The molecule has 25 heavy (non-hydrogen) atoms. The zero-order chi connectivity index (χ0) is 17.9. The van der Waals surface area contributed by atoms with E-state index in [9.17, 15) is 8.42 Å². The van der Waals surface area contributed by atoms with Crippen LogP contribution in [0.2, 0.25) is 0 Å². The maximum Gasteiger partial charge on any atom is 0.242 e. The molecule has 2 aromatic carbocycles. The van der Waals surface area contributed by atoms with E-state index in [1.165, 1.54) is 19.2 Å². The average Bonchev–Trinajstić information content (AvgIpc) is 3.10. The van der Waals surface area contributed by atoms with Crippen LogP contribution >= 0.6 is 15.9 Å². The SMILES string of the molecule is COc1ccc(S(=O)(=O)NCc2nc(-c3ccccc3)no2)cc1Br.